The number of carbonyl (C=O) groups is 1. The number of hydrogen-bond acceptors (Lipinski definition) is 4. The SMILES string of the molecule is N#Cc1ccc(Cl)c(S(=O)(=O)N[C@H]2CC[C@@H](C(=O)O)C2)c1. The minimum absolute atomic E-state index is 0.0225. The van der Waals surface area contributed by atoms with Gasteiger partial charge in [-0.25, -0.2) is 13.1 Å². The number of benzene rings is 1. The van der Waals surface area contributed by atoms with Crippen molar-refractivity contribution in [2.75, 3.05) is 0 Å². The molecule has 0 amide bonds. The van der Waals surface area contributed by atoms with Gasteiger partial charge in [0.2, 0.25) is 10.0 Å². The van der Waals surface area contributed by atoms with E-state index in [4.69, 9.17) is 22.0 Å². The van der Waals surface area contributed by atoms with E-state index in [2.05, 4.69) is 4.72 Å². The Hall–Kier alpha value is -1.62. The van der Waals surface area contributed by atoms with Gasteiger partial charge in [-0.3, -0.25) is 4.79 Å². The molecule has 2 atom stereocenters. The van der Waals surface area contributed by atoms with Crippen LogP contribution in [0, 0.1) is 17.2 Å². The van der Waals surface area contributed by atoms with Crippen molar-refractivity contribution >= 4 is 27.6 Å². The number of sulfonamides is 1. The average molecular weight is 329 g/mol. The minimum Gasteiger partial charge on any atom is -0.481 e. The molecule has 0 unspecified atom stereocenters. The third kappa shape index (κ3) is 3.53. The molecule has 112 valence electrons. The Morgan fingerprint density at radius 2 is 2.14 bits per heavy atom. The summed E-state index contributed by atoms with van der Waals surface area (Å²) in [6.45, 7) is 0. The quantitative estimate of drug-likeness (QED) is 0.875. The van der Waals surface area contributed by atoms with Crippen LogP contribution in [0.4, 0.5) is 0 Å². The standard InChI is InChI=1S/C13H13ClN2O4S/c14-11-4-1-8(7-15)5-12(11)21(19,20)16-10-3-2-9(6-10)13(17)18/h1,4-5,9-10,16H,2-3,6H2,(H,17,18)/t9-,10+/m1/s1. The maximum Gasteiger partial charge on any atom is 0.306 e. The first-order chi connectivity index (χ1) is 9.83. The first-order valence-corrected chi connectivity index (χ1v) is 8.14. The Balaban J connectivity index is 2.20. The molecule has 8 heteroatoms. The molecule has 1 saturated carbocycles. The van der Waals surface area contributed by atoms with E-state index in [0.29, 0.717) is 12.8 Å². The highest BCUT2D eigenvalue weighted by atomic mass is 35.5. The molecule has 1 fully saturated rings. The largest absolute Gasteiger partial charge is 0.481 e. The number of nitriles is 1. The smallest absolute Gasteiger partial charge is 0.306 e. The van der Waals surface area contributed by atoms with Gasteiger partial charge in [0.05, 0.1) is 22.6 Å². The van der Waals surface area contributed by atoms with Gasteiger partial charge in [0.1, 0.15) is 4.90 Å². The lowest BCUT2D eigenvalue weighted by atomic mass is 10.1. The van der Waals surface area contributed by atoms with Crippen molar-refractivity contribution in [3.8, 4) is 6.07 Å². The third-order valence-corrected chi connectivity index (χ3v) is 5.46. The molecule has 0 bridgehead atoms. The van der Waals surface area contributed by atoms with Crippen molar-refractivity contribution < 1.29 is 18.3 Å². The molecular formula is C13H13ClN2O4S. The number of carboxylic acid groups (broad SMARTS) is 1. The number of halogens is 1. The molecule has 2 N–H and O–H groups in total. The average Bonchev–Trinajstić information content (AvgIpc) is 2.87. The number of rotatable bonds is 4. The van der Waals surface area contributed by atoms with Crippen LogP contribution in [0.2, 0.25) is 5.02 Å². The van der Waals surface area contributed by atoms with Crippen molar-refractivity contribution in [2.24, 2.45) is 5.92 Å². The second kappa shape index (κ2) is 6.02. The summed E-state index contributed by atoms with van der Waals surface area (Å²) < 4.78 is 27.1. The highest BCUT2D eigenvalue weighted by Crippen LogP contribution is 2.28. The lowest BCUT2D eigenvalue weighted by Crippen LogP contribution is -2.33. The van der Waals surface area contributed by atoms with Crippen molar-refractivity contribution in [1.82, 2.24) is 4.72 Å². The fourth-order valence-corrected chi connectivity index (χ4v) is 4.18. The fraction of sp³-hybridized carbons (Fsp3) is 0.385. The lowest BCUT2D eigenvalue weighted by molar-refractivity contribution is -0.141. The Bertz CT molecular complexity index is 711. The predicted molar refractivity (Wildman–Crippen MR) is 75.3 cm³/mol. The van der Waals surface area contributed by atoms with E-state index in [-0.39, 0.29) is 21.9 Å². The van der Waals surface area contributed by atoms with Gasteiger partial charge in [0.15, 0.2) is 0 Å². The second-order valence-electron chi connectivity index (χ2n) is 4.92. The van der Waals surface area contributed by atoms with Crippen LogP contribution in [0.25, 0.3) is 0 Å². The van der Waals surface area contributed by atoms with Crippen LogP contribution < -0.4 is 4.72 Å². The number of aliphatic carboxylic acids is 1. The van der Waals surface area contributed by atoms with Crippen molar-refractivity contribution in [3.05, 3.63) is 28.8 Å². The van der Waals surface area contributed by atoms with Gasteiger partial charge >= 0.3 is 5.97 Å². The van der Waals surface area contributed by atoms with E-state index in [1.54, 1.807) is 0 Å². The number of carboxylic acids is 1. The summed E-state index contributed by atoms with van der Waals surface area (Å²) in [6, 6.07) is 5.40. The summed E-state index contributed by atoms with van der Waals surface area (Å²) in [4.78, 5) is 10.7. The molecule has 21 heavy (non-hydrogen) atoms. The monoisotopic (exact) mass is 328 g/mol. The maximum absolute atomic E-state index is 12.3. The van der Waals surface area contributed by atoms with Gasteiger partial charge in [0, 0.05) is 6.04 Å². The lowest BCUT2D eigenvalue weighted by Gasteiger charge is -2.14. The highest BCUT2D eigenvalue weighted by Gasteiger charge is 2.33. The summed E-state index contributed by atoms with van der Waals surface area (Å²) in [5.41, 5.74) is 0.189. The summed E-state index contributed by atoms with van der Waals surface area (Å²) >= 11 is 5.88. The summed E-state index contributed by atoms with van der Waals surface area (Å²) in [7, 11) is -3.88. The van der Waals surface area contributed by atoms with E-state index in [0.717, 1.165) is 0 Å². The molecule has 0 saturated heterocycles. The molecule has 2 rings (SSSR count). The molecule has 6 nitrogen and oxygen atoms in total. The zero-order valence-electron chi connectivity index (χ0n) is 10.9. The Labute approximate surface area is 127 Å². The minimum atomic E-state index is -3.88. The van der Waals surface area contributed by atoms with Crippen LogP contribution in [0.5, 0.6) is 0 Å². The Kier molecular flexibility index (Phi) is 4.52. The molecule has 0 aliphatic heterocycles. The third-order valence-electron chi connectivity index (χ3n) is 3.45. The van der Waals surface area contributed by atoms with Gasteiger partial charge in [-0.2, -0.15) is 5.26 Å². The molecule has 1 aliphatic rings. The van der Waals surface area contributed by atoms with E-state index < -0.39 is 28.0 Å². The van der Waals surface area contributed by atoms with Crippen LogP contribution in [-0.4, -0.2) is 25.5 Å². The van der Waals surface area contributed by atoms with Crippen LogP contribution in [0.3, 0.4) is 0 Å². The van der Waals surface area contributed by atoms with E-state index in [1.165, 1.54) is 18.2 Å². The zero-order chi connectivity index (χ0) is 15.6. The topological polar surface area (TPSA) is 107 Å². The first kappa shape index (κ1) is 15.8. The van der Waals surface area contributed by atoms with E-state index >= 15 is 0 Å². The van der Waals surface area contributed by atoms with Gasteiger partial charge in [-0.15, -0.1) is 0 Å². The molecule has 0 heterocycles. The normalized spacial score (nSPS) is 21.9. The second-order valence-corrected chi connectivity index (χ2v) is 7.01. The molecule has 1 aromatic carbocycles. The van der Waals surface area contributed by atoms with E-state index in [9.17, 15) is 13.2 Å². The van der Waals surface area contributed by atoms with Crippen molar-refractivity contribution in [2.45, 2.75) is 30.2 Å². The Morgan fingerprint density at radius 3 is 2.71 bits per heavy atom. The van der Waals surface area contributed by atoms with Crippen molar-refractivity contribution in [1.29, 1.82) is 5.26 Å². The Morgan fingerprint density at radius 1 is 1.43 bits per heavy atom. The van der Waals surface area contributed by atoms with Gasteiger partial charge in [-0.05, 0) is 37.5 Å². The van der Waals surface area contributed by atoms with Gasteiger partial charge < -0.3 is 5.11 Å². The first-order valence-electron chi connectivity index (χ1n) is 6.28. The number of nitrogens with one attached hydrogen (secondary N) is 1. The number of hydrogen-bond donors (Lipinski definition) is 2. The van der Waals surface area contributed by atoms with Crippen LogP contribution >= 0.6 is 11.6 Å². The molecule has 0 aromatic heterocycles. The predicted octanol–water partition coefficient (Wildman–Crippen LogP) is 1.74. The van der Waals surface area contributed by atoms with Gasteiger partial charge in [0.25, 0.3) is 0 Å². The van der Waals surface area contributed by atoms with E-state index in [1.807, 2.05) is 6.07 Å². The summed E-state index contributed by atoms with van der Waals surface area (Å²) in [5.74, 6) is -1.44. The fourth-order valence-electron chi connectivity index (χ4n) is 2.37. The summed E-state index contributed by atoms with van der Waals surface area (Å²) in [6.07, 6.45) is 1.16. The molecule has 1 aliphatic carbocycles. The molecule has 0 radical (unpaired) electrons. The van der Waals surface area contributed by atoms with Crippen LogP contribution in [0.1, 0.15) is 24.8 Å². The summed E-state index contributed by atoms with van der Waals surface area (Å²) in [5, 5.41) is 17.8. The van der Waals surface area contributed by atoms with Crippen LogP contribution in [-0.2, 0) is 14.8 Å². The van der Waals surface area contributed by atoms with Gasteiger partial charge in [-0.1, -0.05) is 11.6 Å². The van der Waals surface area contributed by atoms with Crippen LogP contribution in [0.15, 0.2) is 23.1 Å². The molecule has 1 aromatic rings. The molecular weight excluding hydrogens is 316 g/mol. The van der Waals surface area contributed by atoms with Crippen molar-refractivity contribution in [3.63, 3.8) is 0 Å². The maximum atomic E-state index is 12.3. The zero-order valence-corrected chi connectivity index (χ0v) is 12.5. The highest BCUT2D eigenvalue weighted by molar-refractivity contribution is 7.89. The molecule has 0 spiro atoms. The number of nitrogens with zero attached hydrogens (tertiary/aromatic N) is 1.